The highest BCUT2D eigenvalue weighted by Gasteiger charge is 2.36. The molecule has 0 fully saturated rings. The van der Waals surface area contributed by atoms with Gasteiger partial charge in [-0.1, -0.05) is 25.2 Å². The summed E-state index contributed by atoms with van der Waals surface area (Å²) in [7, 11) is -1.78. The van der Waals surface area contributed by atoms with Crippen molar-refractivity contribution in [2.24, 2.45) is 0 Å². The average Bonchev–Trinajstić information content (AvgIpc) is 2.95. The lowest BCUT2D eigenvalue weighted by molar-refractivity contribution is -0.134. The van der Waals surface area contributed by atoms with Gasteiger partial charge < -0.3 is 5.11 Å². The van der Waals surface area contributed by atoms with Gasteiger partial charge in [0.1, 0.15) is 9.75 Å². The van der Waals surface area contributed by atoms with E-state index >= 15 is 0 Å². The van der Waals surface area contributed by atoms with E-state index in [4.69, 9.17) is 0 Å². The molecule has 0 aliphatic carbocycles. The van der Waals surface area contributed by atoms with Crippen molar-refractivity contribution in [1.82, 2.24) is 10.2 Å². The van der Waals surface area contributed by atoms with Gasteiger partial charge in [-0.05, 0) is 20.3 Å². The molecule has 1 aromatic rings. The SMILES string of the molecule is CC(C)(CO)c1nnc(NC(=O)C(C)(C)S(=O)CCCC(F)(F)F)s1. The summed E-state index contributed by atoms with van der Waals surface area (Å²) in [5.74, 6) is -0.832. The number of aromatic nitrogens is 2. The third-order valence-electron chi connectivity index (χ3n) is 3.53. The zero-order valence-electron chi connectivity index (χ0n) is 14.4. The van der Waals surface area contributed by atoms with Gasteiger partial charge in [0.05, 0.1) is 6.61 Å². The molecular weight excluding hydrogens is 379 g/mol. The van der Waals surface area contributed by atoms with Crippen molar-refractivity contribution in [2.75, 3.05) is 17.7 Å². The molecule has 0 saturated heterocycles. The molecule has 11 heteroatoms. The van der Waals surface area contributed by atoms with Crippen molar-refractivity contribution in [3.8, 4) is 0 Å². The van der Waals surface area contributed by atoms with Crippen LogP contribution in [0.25, 0.3) is 0 Å². The fraction of sp³-hybridized carbons (Fsp3) is 0.786. The van der Waals surface area contributed by atoms with Gasteiger partial charge in [-0.15, -0.1) is 10.2 Å². The number of hydrogen-bond donors (Lipinski definition) is 2. The molecule has 6 nitrogen and oxygen atoms in total. The summed E-state index contributed by atoms with van der Waals surface area (Å²) >= 11 is 1.08. The normalized spacial score (nSPS) is 14.4. The fourth-order valence-electron chi connectivity index (χ4n) is 1.62. The number of anilines is 1. The molecule has 1 aromatic heterocycles. The highest BCUT2D eigenvalue weighted by Crippen LogP contribution is 2.29. The molecule has 0 saturated carbocycles. The van der Waals surface area contributed by atoms with Crippen molar-refractivity contribution in [3.05, 3.63) is 5.01 Å². The van der Waals surface area contributed by atoms with Gasteiger partial charge in [-0.3, -0.25) is 14.3 Å². The molecule has 2 N–H and O–H groups in total. The van der Waals surface area contributed by atoms with Gasteiger partial charge in [0.2, 0.25) is 11.0 Å². The van der Waals surface area contributed by atoms with Crippen LogP contribution in [-0.4, -0.2) is 48.7 Å². The van der Waals surface area contributed by atoms with Crippen LogP contribution in [-0.2, 0) is 21.0 Å². The molecular formula is C14H22F3N3O3S2. The van der Waals surface area contributed by atoms with E-state index in [0.717, 1.165) is 11.3 Å². The van der Waals surface area contributed by atoms with Crippen LogP contribution in [0.5, 0.6) is 0 Å². The Hall–Kier alpha value is -1.07. The molecule has 144 valence electrons. The molecule has 0 radical (unpaired) electrons. The first-order chi connectivity index (χ1) is 11.3. The molecule has 1 atom stereocenters. The summed E-state index contributed by atoms with van der Waals surface area (Å²) in [5, 5.41) is 20.2. The topological polar surface area (TPSA) is 92.2 Å². The minimum atomic E-state index is -4.31. The molecule has 0 spiro atoms. The van der Waals surface area contributed by atoms with E-state index in [1.165, 1.54) is 13.8 Å². The molecule has 1 rings (SSSR count). The van der Waals surface area contributed by atoms with Crippen LogP contribution in [0.3, 0.4) is 0 Å². The number of carbonyl (C=O) groups is 1. The zero-order chi connectivity index (χ0) is 19.5. The van der Waals surface area contributed by atoms with E-state index in [1.54, 1.807) is 13.8 Å². The second-order valence-corrected chi connectivity index (χ2v) is 9.78. The molecule has 0 aromatic carbocycles. The number of halogens is 3. The van der Waals surface area contributed by atoms with E-state index in [-0.39, 0.29) is 23.9 Å². The highest BCUT2D eigenvalue weighted by atomic mass is 32.2. The van der Waals surface area contributed by atoms with Crippen molar-refractivity contribution in [2.45, 2.75) is 56.9 Å². The molecule has 0 aliphatic rings. The van der Waals surface area contributed by atoms with E-state index in [9.17, 15) is 27.3 Å². The number of alkyl halides is 3. The number of carbonyl (C=O) groups excluding carboxylic acids is 1. The summed E-state index contributed by atoms with van der Waals surface area (Å²) in [5.41, 5.74) is -0.615. The van der Waals surface area contributed by atoms with Gasteiger partial charge in [0.15, 0.2) is 0 Å². The number of aliphatic hydroxyl groups is 1. The standard InChI is InChI=1S/C14H22F3N3O3S2/c1-12(2,8-21)10-19-20-11(24-10)18-9(22)13(3,4)25(23)7-5-6-14(15,16)17/h21H,5-8H2,1-4H3,(H,18,20,22). The van der Waals surface area contributed by atoms with Crippen LogP contribution < -0.4 is 5.32 Å². The van der Waals surface area contributed by atoms with E-state index in [2.05, 4.69) is 15.5 Å². The fourth-order valence-corrected chi connectivity index (χ4v) is 3.63. The minimum Gasteiger partial charge on any atom is -0.395 e. The molecule has 1 heterocycles. The minimum absolute atomic E-state index is 0.149. The Morgan fingerprint density at radius 1 is 1.24 bits per heavy atom. The Labute approximate surface area is 150 Å². The Kier molecular flexibility index (Phi) is 7.11. The Balaban J connectivity index is 2.70. The summed E-state index contributed by atoms with van der Waals surface area (Å²) in [6.07, 6.45) is -5.65. The van der Waals surface area contributed by atoms with E-state index < -0.39 is 39.5 Å². The molecule has 1 unspecified atom stereocenters. The average molecular weight is 401 g/mol. The Morgan fingerprint density at radius 3 is 2.36 bits per heavy atom. The second kappa shape index (κ2) is 8.09. The van der Waals surface area contributed by atoms with Crippen LogP contribution in [0.4, 0.5) is 18.3 Å². The maximum Gasteiger partial charge on any atom is 0.389 e. The van der Waals surface area contributed by atoms with Crippen molar-refractivity contribution in [3.63, 3.8) is 0 Å². The first-order valence-electron chi connectivity index (χ1n) is 7.51. The predicted octanol–water partition coefficient (Wildman–Crippen LogP) is 2.62. The Morgan fingerprint density at radius 2 is 1.84 bits per heavy atom. The Bertz CT molecular complexity index is 630. The lowest BCUT2D eigenvalue weighted by atomic mass is 9.96. The molecule has 25 heavy (non-hydrogen) atoms. The van der Waals surface area contributed by atoms with Crippen molar-refractivity contribution >= 4 is 33.2 Å². The van der Waals surface area contributed by atoms with E-state index in [0.29, 0.717) is 5.01 Å². The van der Waals surface area contributed by atoms with Crippen LogP contribution in [0.1, 0.15) is 45.5 Å². The zero-order valence-corrected chi connectivity index (χ0v) is 16.1. The number of rotatable bonds is 8. The number of aliphatic hydroxyl groups excluding tert-OH is 1. The molecule has 0 bridgehead atoms. The van der Waals surface area contributed by atoms with Crippen molar-refractivity contribution < 1.29 is 27.3 Å². The van der Waals surface area contributed by atoms with Crippen LogP contribution >= 0.6 is 11.3 Å². The maximum absolute atomic E-state index is 12.3. The van der Waals surface area contributed by atoms with E-state index in [1.807, 2.05) is 0 Å². The molecule has 0 aliphatic heterocycles. The van der Waals surface area contributed by atoms with Gasteiger partial charge in [-0.25, -0.2) is 0 Å². The second-order valence-electron chi connectivity index (χ2n) is 6.69. The number of amides is 1. The van der Waals surface area contributed by atoms with Gasteiger partial charge in [0.25, 0.3) is 0 Å². The first kappa shape index (κ1) is 22.0. The lowest BCUT2D eigenvalue weighted by Gasteiger charge is -2.22. The highest BCUT2D eigenvalue weighted by molar-refractivity contribution is 7.87. The van der Waals surface area contributed by atoms with Crippen LogP contribution in [0.15, 0.2) is 0 Å². The summed E-state index contributed by atoms with van der Waals surface area (Å²) < 4.78 is 47.3. The molecule has 1 amide bonds. The number of nitrogens with zero attached hydrogens (tertiary/aromatic N) is 2. The summed E-state index contributed by atoms with van der Waals surface area (Å²) in [6, 6.07) is 0. The first-order valence-corrected chi connectivity index (χ1v) is 9.64. The van der Waals surface area contributed by atoms with Gasteiger partial charge in [-0.2, -0.15) is 13.2 Å². The van der Waals surface area contributed by atoms with Crippen molar-refractivity contribution in [1.29, 1.82) is 0 Å². The van der Waals surface area contributed by atoms with Crippen LogP contribution in [0.2, 0.25) is 0 Å². The lowest BCUT2D eigenvalue weighted by Crippen LogP contribution is -2.42. The summed E-state index contributed by atoms with van der Waals surface area (Å²) in [6.45, 7) is 6.19. The smallest absolute Gasteiger partial charge is 0.389 e. The quantitative estimate of drug-likeness (QED) is 0.699. The van der Waals surface area contributed by atoms with Gasteiger partial charge in [0, 0.05) is 28.4 Å². The predicted molar refractivity (Wildman–Crippen MR) is 91.0 cm³/mol. The number of hydrogen-bond acceptors (Lipinski definition) is 6. The van der Waals surface area contributed by atoms with Gasteiger partial charge >= 0.3 is 6.18 Å². The maximum atomic E-state index is 12.3. The third-order valence-corrected chi connectivity index (χ3v) is 6.71. The van der Waals surface area contributed by atoms with Crippen LogP contribution in [0, 0.1) is 0 Å². The monoisotopic (exact) mass is 401 g/mol. The number of nitrogens with one attached hydrogen (secondary N) is 1. The summed E-state index contributed by atoms with van der Waals surface area (Å²) in [4.78, 5) is 12.3. The third kappa shape index (κ3) is 6.30. The largest absolute Gasteiger partial charge is 0.395 e.